The fourth-order valence-electron chi connectivity index (χ4n) is 2.92. The van der Waals surface area contributed by atoms with E-state index in [9.17, 15) is 0 Å². The SMILES string of the molecule is C=CCCN1Cc2c(Cl)ccc3[nH]c(=S)n(c23)C[C@@H]1C. The van der Waals surface area contributed by atoms with Crippen molar-refractivity contribution in [1.82, 2.24) is 14.5 Å². The van der Waals surface area contributed by atoms with Crippen molar-refractivity contribution >= 4 is 34.9 Å². The van der Waals surface area contributed by atoms with Gasteiger partial charge in [-0.3, -0.25) is 4.90 Å². The van der Waals surface area contributed by atoms with E-state index in [1.54, 1.807) is 0 Å². The number of rotatable bonds is 3. The number of aromatic nitrogens is 2. The number of H-pyrrole nitrogens is 1. The van der Waals surface area contributed by atoms with Crippen molar-refractivity contribution in [3.8, 4) is 0 Å². The van der Waals surface area contributed by atoms with E-state index in [0.29, 0.717) is 6.04 Å². The first-order valence-electron chi connectivity index (χ1n) is 6.86. The van der Waals surface area contributed by atoms with E-state index in [1.807, 2.05) is 18.2 Å². The molecular weight excluding hydrogens is 290 g/mol. The molecule has 1 aromatic heterocycles. The lowest BCUT2D eigenvalue weighted by Gasteiger charge is -2.26. The minimum Gasteiger partial charge on any atom is -0.331 e. The second kappa shape index (κ2) is 5.35. The maximum atomic E-state index is 6.43. The minimum atomic E-state index is 0.420. The third kappa shape index (κ3) is 2.22. The summed E-state index contributed by atoms with van der Waals surface area (Å²) in [5.41, 5.74) is 3.41. The fraction of sp³-hybridized carbons (Fsp3) is 0.400. The Hall–Kier alpha value is -1.10. The number of hydrogen-bond donors (Lipinski definition) is 1. The molecule has 0 unspecified atom stereocenters. The zero-order valence-corrected chi connectivity index (χ0v) is 13.1. The van der Waals surface area contributed by atoms with Crippen LogP contribution in [0.2, 0.25) is 5.02 Å². The molecule has 1 aliphatic rings. The molecule has 1 N–H and O–H groups in total. The highest BCUT2D eigenvalue weighted by Gasteiger charge is 2.24. The highest BCUT2D eigenvalue weighted by Crippen LogP contribution is 2.31. The van der Waals surface area contributed by atoms with E-state index in [4.69, 9.17) is 23.8 Å². The summed E-state index contributed by atoms with van der Waals surface area (Å²) in [4.78, 5) is 5.73. The first-order chi connectivity index (χ1) is 9.61. The Morgan fingerprint density at radius 1 is 1.55 bits per heavy atom. The molecule has 0 aliphatic carbocycles. The summed E-state index contributed by atoms with van der Waals surface area (Å²) in [6, 6.07) is 4.39. The van der Waals surface area contributed by atoms with Crippen LogP contribution < -0.4 is 0 Å². The second-order valence-electron chi connectivity index (χ2n) is 5.36. The average molecular weight is 308 g/mol. The van der Waals surface area contributed by atoms with Gasteiger partial charge in [0.15, 0.2) is 4.77 Å². The Bertz CT molecular complexity index is 716. The van der Waals surface area contributed by atoms with Crippen molar-refractivity contribution in [2.45, 2.75) is 32.5 Å². The number of aromatic amines is 1. The maximum Gasteiger partial charge on any atom is 0.178 e. The Labute approximate surface area is 128 Å². The van der Waals surface area contributed by atoms with Crippen molar-refractivity contribution < 1.29 is 0 Å². The van der Waals surface area contributed by atoms with Gasteiger partial charge in [0.25, 0.3) is 0 Å². The first-order valence-corrected chi connectivity index (χ1v) is 7.65. The van der Waals surface area contributed by atoms with Gasteiger partial charge in [-0.25, -0.2) is 0 Å². The van der Waals surface area contributed by atoms with Crippen LogP contribution in [0.3, 0.4) is 0 Å². The van der Waals surface area contributed by atoms with Crippen LogP contribution in [0, 0.1) is 4.77 Å². The molecule has 0 spiro atoms. The van der Waals surface area contributed by atoms with Crippen LogP contribution in [0.4, 0.5) is 0 Å². The minimum absolute atomic E-state index is 0.420. The molecule has 106 valence electrons. The summed E-state index contributed by atoms with van der Waals surface area (Å²) in [6.07, 6.45) is 2.95. The van der Waals surface area contributed by atoms with Gasteiger partial charge < -0.3 is 9.55 Å². The lowest BCUT2D eigenvalue weighted by Crippen LogP contribution is -2.34. The van der Waals surface area contributed by atoms with Gasteiger partial charge in [0.05, 0.1) is 11.0 Å². The van der Waals surface area contributed by atoms with Crippen molar-refractivity contribution in [2.75, 3.05) is 6.54 Å². The lowest BCUT2D eigenvalue weighted by atomic mass is 10.1. The van der Waals surface area contributed by atoms with Gasteiger partial charge in [0, 0.05) is 36.3 Å². The number of benzene rings is 1. The molecule has 0 amide bonds. The molecule has 3 rings (SSSR count). The fourth-order valence-corrected chi connectivity index (χ4v) is 3.41. The largest absolute Gasteiger partial charge is 0.331 e. The second-order valence-corrected chi connectivity index (χ2v) is 6.15. The van der Waals surface area contributed by atoms with Crippen LogP contribution in [-0.4, -0.2) is 27.0 Å². The van der Waals surface area contributed by atoms with Gasteiger partial charge in [-0.05, 0) is 37.7 Å². The van der Waals surface area contributed by atoms with Gasteiger partial charge in [0.2, 0.25) is 0 Å². The normalized spacial score (nSPS) is 19.2. The first kappa shape index (κ1) is 13.9. The van der Waals surface area contributed by atoms with E-state index < -0.39 is 0 Å². The number of nitrogens with zero attached hydrogens (tertiary/aromatic N) is 2. The van der Waals surface area contributed by atoms with Crippen molar-refractivity contribution in [2.24, 2.45) is 0 Å². The van der Waals surface area contributed by atoms with E-state index in [-0.39, 0.29) is 0 Å². The molecule has 0 saturated carbocycles. The molecule has 3 nitrogen and oxygen atoms in total. The lowest BCUT2D eigenvalue weighted by molar-refractivity contribution is 0.193. The van der Waals surface area contributed by atoms with E-state index >= 15 is 0 Å². The monoisotopic (exact) mass is 307 g/mol. The molecule has 0 saturated heterocycles. The number of halogens is 1. The van der Waals surface area contributed by atoms with Gasteiger partial charge in [-0.1, -0.05) is 17.7 Å². The molecule has 1 aromatic carbocycles. The van der Waals surface area contributed by atoms with Crippen molar-refractivity contribution in [1.29, 1.82) is 0 Å². The molecule has 20 heavy (non-hydrogen) atoms. The van der Waals surface area contributed by atoms with E-state index in [2.05, 4.69) is 28.0 Å². The molecule has 1 atom stereocenters. The summed E-state index contributed by atoms with van der Waals surface area (Å²) in [7, 11) is 0. The Morgan fingerprint density at radius 2 is 2.35 bits per heavy atom. The molecule has 2 aromatic rings. The summed E-state index contributed by atoms with van der Waals surface area (Å²) in [6.45, 7) is 8.80. The van der Waals surface area contributed by atoms with Gasteiger partial charge in [-0.15, -0.1) is 6.58 Å². The van der Waals surface area contributed by atoms with Gasteiger partial charge in [-0.2, -0.15) is 0 Å². The van der Waals surface area contributed by atoms with Crippen LogP contribution in [0.5, 0.6) is 0 Å². The molecule has 5 heteroatoms. The zero-order valence-electron chi connectivity index (χ0n) is 11.5. The smallest absolute Gasteiger partial charge is 0.178 e. The zero-order chi connectivity index (χ0) is 14.3. The third-order valence-corrected chi connectivity index (χ3v) is 4.71. The molecular formula is C15H18ClN3S. The van der Waals surface area contributed by atoms with E-state index in [1.165, 1.54) is 5.56 Å². The summed E-state index contributed by atoms with van der Waals surface area (Å²) >= 11 is 11.9. The number of hydrogen-bond acceptors (Lipinski definition) is 2. The van der Waals surface area contributed by atoms with Crippen LogP contribution in [0.25, 0.3) is 11.0 Å². The Balaban J connectivity index is 2.14. The highest BCUT2D eigenvalue weighted by molar-refractivity contribution is 7.71. The predicted octanol–water partition coefficient (Wildman–Crippen LogP) is 4.13. The van der Waals surface area contributed by atoms with Crippen molar-refractivity contribution in [3.05, 3.63) is 40.1 Å². The third-order valence-electron chi connectivity index (χ3n) is 4.03. The standard InChI is InChI=1S/C15H18ClN3S/c1-3-4-7-18-9-11-12(16)5-6-13-14(11)19(8-10(18)2)15(20)17-13/h3,5-6,10H,1,4,7-9H2,2H3,(H,17,20)/t10-/m0/s1. The molecule has 0 bridgehead atoms. The summed E-state index contributed by atoms with van der Waals surface area (Å²) in [5.74, 6) is 0. The van der Waals surface area contributed by atoms with Crippen LogP contribution in [0.1, 0.15) is 18.9 Å². The quantitative estimate of drug-likeness (QED) is 0.681. The topological polar surface area (TPSA) is 24.0 Å². The average Bonchev–Trinajstić information content (AvgIpc) is 2.64. The van der Waals surface area contributed by atoms with Crippen LogP contribution in [-0.2, 0) is 13.1 Å². The predicted molar refractivity (Wildman–Crippen MR) is 86.8 cm³/mol. The molecule has 0 radical (unpaired) electrons. The van der Waals surface area contributed by atoms with Crippen LogP contribution in [0.15, 0.2) is 24.8 Å². The Kier molecular flexibility index (Phi) is 3.71. The molecule has 2 heterocycles. The van der Waals surface area contributed by atoms with Crippen molar-refractivity contribution in [3.63, 3.8) is 0 Å². The summed E-state index contributed by atoms with van der Waals surface area (Å²) in [5, 5.41) is 0.818. The molecule has 1 aliphatic heterocycles. The number of imidazole rings is 1. The highest BCUT2D eigenvalue weighted by atomic mass is 35.5. The van der Waals surface area contributed by atoms with E-state index in [0.717, 1.165) is 46.9 Å². The molecule has 0 fully saturated rings. The summed E-state index contributed by atoms with van der Waals surface area (Å²) < 4.78 is 2.96. The number of nitrogens with one attached hydrogen (secondary N) is 1. The van der Waals surface area contributed by atoms with Gasteiger partial charge >= 0.3 is 0 Å². The maximum absolute atomic E-state index is 6.43. The van der Waals surface area contributed by atoms with Crippen LogP contribution >= 0.6 is 23.8 Å². The van der Waals surface area contributed by atoms with Gasteiger partial charge in [0.1, 0.15) is 0 Å². The Morgan fingerprint density at radius 3 is 3.10 bits per heavy atom.